The fraction of sp³-hybridized carbons (Fsp3) is 1.00. The zero-order valence-electron chi connectivity index (χ0n) is 8.48. The first-order valence-corrected chi connectivity index (χ1v) is 5.22. The number of nitrogens with two attached hydrogens (primary N) is 1. The molecule has 0 amide bonds. The first-order valence-electron chi connectivity index (χ1n) is 5.22. The average molecular weight is 209 g/mol. The molecule has 0 bridgehead atoms. The van der Waals surface area contributed by atoms with Crippen LogP contribution in [0.4, 0.5) is 13.2 Å². The third-order valence-electron chi connectivity index (χ3n) is 3.19. The standard InChI is InChI=1S/C10H18F3N/c1-7-4-2-3-5-8(7)9(14)6-10(11,12)13/h7-9H,2-6,14H2,1H3. The van der Waals surface area contributed by atoms with Gasteiger partial charge in [-0.1, -0.05) is 26.2 Å². The maximum Gasteiger partial charge on any atom is 0.390 e. The van der Waals surface area contributed by atoms with Crippen LogP contribution in [-0.4, -0.2) is 12.2 Å². The van der Waals surface area contributed by atoms with Crippen LogP contribution in [0.3, 0.4) is 0 Å². The van der Waals surface area contributed by atoms with Gasteiger partial charge in [0.15, 0.2) is 0 Å². The fourth-order valence-corrected chi connectivity index (χ4v) is 2.40. The van der Waals surface area contributed by atoms with E-state index in [-0.39, 0.29) is 5.92 Å². The van der Waals surface area contributed by atoms with Gasteiger partial charge in [0.25, 0.3) is 0 Å². The quantitative estimate of drug-likeness (QED) is 0.743. The molecule has 1 aliphatic rings. The Morgan fingerprint density at radius 1 is 1.29 bits per heavy atom. The number of hydrogen-bond acceptors (Lipinski definition) is 1. The van der Waals surface area contributed by atoms with Crippen molar-refractivity contribution >= 4 is 0 Å². The lowest BCUT2D eigenvalue weighted by Gasteiger charge is -2.33. The zero-order valence-corrected chi connectivity index (χ0v) is 8.48. The Kier molecular flexibility index (Phi) is 3.81. The van der Waals surface area contributed by atoms with Gasteiger partial charge in [-0.05, 0) is 18.3 Å². The Labute approximate surface area is 82.9 Å². The smallest absolute Gasteiger partial charge is 0.327 e. The third kappa shape index (κ3) is 3.48. The monoisotopic (exact) mass is 209 g/mol. The summed E-state index contributed by atoms with van der Waals surface area (Å²) in [5.41, 5.74) is 5.60. The number of rotatable bonds is 2. The van der Waals surface area contributed by atoms with E-state index in [1.807, 2.05) is 6.92 Å². The van der Waals surface area contributed by atoms with E-state index < -0.39 is 18.6 Å². The topological polar surface area (TPSA) is 26.0 Å². The molecule has 0 aromatic heterocycles. The van der Waals surface area contributed by atoms with E-state index in [1.165, 1.54) is 0 Å². The Bertz CT molecular complexity index is 179. The highest BCUT2D eigenvalue weighted by molar-refractivity contribution is 4.82. The van der Waals surface area contributed by atoms with E-state index in [9.17, 15) is 13.2 Å². The predicted molar refractivity (Wildman–Crippen MR) is 49.8 cm³/mol. The van der Waals surface area contributed by atoms with Crippen LogP contribution in [0, 0.1) is 11.8 Å². The highest BCUT2D eigenvalue weighted by Gasteiger charge is 2.36. The van der Waals surface area contributed by atoms with Crippen molar-refractivity contribution < 1.29 is 13.2 Å². The molecule has 0 saturated heterocycles. The van der Waals surface area contributed by atoms with E-state index >= 15 is 0 Å². The van der Waals surface area contributed by atoms with Crippen molar-refractivity contribution in [2.45, 2.75) is 51.2 Å². The summed E-state index contributed by atoms with van der Waals surface area (Å²) < 4.78 is 36.3. The molecule has 1 aliphatic carbocycles. The minimum absolute atomic E-state index is 0.0605. The van der Waals surface area contributed by atoms with E-state index in [0.29, 0.717) is 5.92 Å². The minimum atomic E-state index is -4.11. The summed E-state index contributed by atoms with van der Waals surface area (Å²) in [6.45, 7) is 2.01. The summed E-state index contributed by atoms with van der Waals surface area (Å²) in [6, 6.07) is -0.703. The van der Waals surface area contributed by atoms with Crippen molar-refractivity contribution in [3.05, 3.63) is 0 Å². The van der Waals surface area contributed by atoms with Crippen LogP contribution in [-0.2, 0) is 0 Å². The lowest BCUT2D eigenvalue weighted by atomic mass is 9.75. The summed E-state index contributed by atoms with van der Waals surface area (Å²) >= 11 is 0. The van der Waals surface area contributed by atoms with Gasteiger partial charge in [0, 0.05) is 6.04 Å². The van der Waals surface area contributed by atoms with Crippen LogP contribution < -0.4 is 5.73 Å². The van der Waals surface area contributed by atoms with Crippen molar-refractivity contribution in [2.24, 2.45) is 17.6 Å². The van der Waals surface area contributed by atoms with Crippen LogP contribution in [0.5, 0.6) is 0 Å². The summed E-state index contributed by atoms with van der Waals surface area (Å²) in [4.78, 5) is 0. The first kappa shape index (κ1) is 11.8. The molecule has 0 heterocycles. The van der Waals surface area contributed by atoms with Crippen LogP contribution in [0.1, 0.15) is 39.0 Å². The van der Waals surface area contributed by atoms with Crippen LogP contribution >= 0.6 is 0 Å². The second kappa shape index (κ2) is 4.51. The third-order valence-corrected chi connectivity index (χ3v) is 3.19. The van der Waals surface area contributed by atoms with Crippen molar-refractivity contribution in [1.29, 1.82) is 0 Å². The lowest BCUT2D eigenvalue weighted by molar-refractivity contribution is -0.142. The number of alkyl halides is 3. The van der Waals surface area contributed by atoms with E-state index in [0.717, 1.165) is 25.7 Å². The van der Waals surface area contributed by atoms with Crippen LogP contribution in [0.25, 0.3) is 0 Å². The van der Waals surface area contributed by atoms with Crippen molar-refractivity contribution in [3.63, 3.8) is 0 Å². The molecule has 0 aromatic carbocycles. The van der Waals surface area contributed by atoms with Gasteiger partial charge in [0.1, 0.15) is 0 Å². The number of halogens is 3. The normalized spacial score (nSPS) is 31.5. The van der Waals surface area contributed by atoms with Gasteiger partial charge in [0.2, 0.25) is 0 Å². The van der Waals surface area contributed by atoms with E-state index in [1.54, 1.807) is 0 Å². The zero-order chi connectivity index (χ0) is 10.8. The summed E-state index contributed by atoms with van der Waals surface area (Å²) in [5, 5.41) is 0. The molecule has 3 atom stereocenters. The van der Waals surface area contributed by atoms with Crippen LogP contribution in [0.2, 0.25) is 0 Å². The molecule has 14 heavy (non-hydrogen) atoms. The SMILES string of the molecule is CC1CCCCC1C(N)CC(F)(F)F. The summed E-state index contributed by atoms with van der Waals surface area (Å²) in [6.07, 6.45) is -0.899. The predicted octanol–water partition coefficient (Wildman–Crippen LogP) is 3.09. The van der Waals surface area contributed by atoms with Gasteiger partial charge in [0.05, 0.1) is 6.42 Å². The molecule has 1 rings (SSSR count). The van der Waals surface area contributed by atoms with Gasteiger partial charge in [-0.2, -0.15) is 13.2 Å². The van der Waals surface area contributed by atoms with Gasteiger partial charge in [-0.25, -0.2) is 0 Å². The Hall–Kier alpha value is -0.250. The molecule has 2 N–H and O–H groups in total. The maximum atomic E-state index is 12.1. The maximum absolute atomic E-state index is 12.1. The fourth-order valence-electron chi connectivity index (χ4n) is 2.40. The molecule has 1 fully saturated rings. The molecular formula is C10H18F3N. The van der Waals surface area contributed by atoms with Crippen molar-refractivity contribution in [3.8, 4) is 0 Å². The van der Waals surface area contributed by atoms with Crippen molar-refractivity contribution in [1.82, 2.24) is 0 Å². The Morgan fingerprint density at radius 2 is 1.86 bits per heavy atom. The summed E-state index contributed by atoms with van der Waals surface area (Å²) in [7, 11) is 0. The molecule has 0 radical (unpaired) electrons. The van der Waals surface area contributed by atoms with Gasteiger partial charge in [-0.15, -0.1) is 0 Å². The van der Waals surface area contributed by atoms with Gasteiger partial charge in [-0.3, -0.25) is 0 Å². The Morgan fingerprint density at radius 3 is 2.36 bits per heavy atom. The van der Waals surface area contributed by atoms with E-state index in [4.69, 9.17) is 5.73 Å². The highest BCUT2D eigenvalue weighted by Crippen LogP contribution is 2.34. The summed E-state index contributed by atoms with van der Waals surface area (Å²) in [5.74, 6) is 0.409. The van der Waals surface area contributed by atoms with E-state index in [2.05, 4.69) is 0 Å². The lowest BCUT2D eigenvalue weighted by Crippen LogP contribution is -2.39. The second-order valence-electron chi connectivity index (χ2n) is 4.41. The molecule has 3 unspecified atom stereocenters. The molecule has 1 saturated carbocycles. The molecule has 0 aliphatic heterocycles. The molecule has 0 aromatic rings. The highest BCUT2D eigenvalue weighted by atomic mass is 19.4. The largest absolute Gasteiger partial charge is 0.390 e. The molecule has 84 valence electrons. The van der Waals surface area contributed by atoms with Crippen LogP contribution in [0.15, 0.2) is 0 Å². The van der Waals surface area contributed by atoms with Gasteiger partial charge >= 0.3 is 6.18 Å². The molecule has 1 nitrogen and oxygen atoms in total. The molecule has 4 heteroatoms. The molecular weight excluding hydrogens is 191 g/mol. The van der Waals surface area contributed by atoms with Crippen molar-refractivity contribution in [2.75, 3.05) is 0 Å². The number of hydrogen-bond donors (Lipinski definition) is 1. The minimum Gasteiger partial charge on any atom is -0.327 e. The average Bonchev–Trinajstić information content (AvgIpc) is 2.01. The first-order chi connectivity index (χ1) is 6.40. The second-order valence-corrected chi connectivity index (χ2v) is 4.41. The Balaban J connectivity index is 2.46. The van der Waals surface area contributed by atoms with Gasteiger partial charge < -0.3 is 5.73 Å². The molecule has 0 spiro atoms.